The number of rotatable bonds is 7. The number of fused-ring (bicyclic) bond motifs is 3. The van der Waals surface area contributed by atoms with E-state index >= 15 is 0 Å². The molecule has 27 heavy (non-hydrogen) atoms. The zero-order chi connectivity index (χ0) is 18.8. The van der Waals surface area contributed by atoms with E-state index < -0.39 is 0 Å². The minimum Gasteiger partial charge on any atom is -0.382 e. The molecule has 0 amide bonds. The maximum Gasteiger partial charge on any atom is 0.152 e. The Morgan fingerprint density at radius 2 is 2.04 bits per heavy atom. The van der Waals surface area contributed by atoms with Gasteiger partial charge in [-0.15, -0.1) is 11.3 Å². The van der Waals surface area contributed by atoms with Gasteiger partial charge < -0.3 is 10.3 Å². The minimum absolute atomic E-state index is 0.508. The third kappa shape index (κ3) is 3.41. The number of hydrogen-bond acceptors (Lipinski definition) is 6. The SMILES string of the molecule is CCCCc1nc2c(N)nc3ccsc3c2n1Cc1cccc(CNN)c1. The van der Waals surface area contributed by atoms with Crippen LogP contribution >= 0.6 is 11.3 Å². The number of hydrazine groups is 1. The molecule has 0 radical (unpaired) electrons. The van der Waals surface area contributed by atoms with Crippen LogP contribution in [0.25, 0.3) is 21.3 Å². The fourth-order valence-electron chi connectivity index (χ4n) is 3.49. The van der Waals surface area contributed by atoms with Gasteiger partial charge in [0.05, 0.1) is 15.7 Å². The standard InChI is InChI=1S/C20H24N6S/c1-2-3-7-16-25-17-18(19-15(8-9-27-19)24-20(17)21)26(16)12-14-6-4-5-13(10-14)11-23-22/h4-6,8-10,23H,2-3,7,11-12,22H2,1H3,(H2,21,24). The Labute approximate surface area is 162 Å². The highest BCUT2D eigenvalue weighted by molar-refractivity contribution is 7.18. The van der Waals surface area contributed by atoms with E-state index in [0.29, 0.717) is 12.4 Å². The van der Waals surface area contributed by atoms with Crippen molar-refractivity contribution >= 4 is 38.4 Å². The van der Waals surface area contributed by atoms with Crippen LogP contribution in [0.1, 0.15) is 36.7 Å². The maximum atomic E-state index is 6.24. The Morgan fingerprint density at radius 3 is 2.85 bits per heavy atom. The van der Waals surface area contributed by atoms with Crippen LogP contribution in [0.3, 0.4) is 0 Å². The molecule has 140 valence electrons. The second kappa shape index (κ2) is 7.64. The predicted molar refractivity (Wildman–Crippen MR) is 113 cm³/mol. The average molecular weight is 381 g/mol. The number of anilines is 1. The van der Waals surface area contributed by atoms with E-state index in [4.69, 9.17) is 16.6 Å². The van der Waals surface area contributed by atoms with Crippen LogP contribution in [0, 0.1) is 0 Å². The second-order valence-electron chi connectivity index (χ2n) is 6.75. The first kappa shape index (κ1) is 17.9. The van der Waals surface area contributed by atoms with Crippen LogP contribution in [0.4, 0.5) is 5.82 Å². The zero-order valence-electron chi connectivity index (χ0n) is 15.4. The van der Waals surface area contributed by atoms with Crippen LogP contribution in [0.2, 0.25) is 0 Å². The van der Waals surface area contributed by atoms with Crippen molar-refractivity contribution in [3.8, 4) is 0 Å². The first-order valence-electron chi connectivity index (χ1n) is 9.24. The van der Waals surface area contributed by atoms with Crippen molar-refractivity contribution < 1.29 is 0 Å². The van der Waals surface area contributed by atoms with E-state index in [0.717, 1.165) is 58.4 Å². The fraction of sp³-hybridized carbons (Fsp3) is 0.300. The third-order valence-electron chi connectivity index (χ3n) is 4.78. The molecule has 0 unspecified atom stereocenters. The summed E-state index contributed by atoms with van der Waals surface area (Å²) in [6.07, 6.45) is 3.16. The number of nitrogens with zero attached hydrogens (tertiary/aromatic N) is 3. The van der Waals surface area contributed by atoms with Gasteiger partial charge in [-0.3, -0.25) is 11.3 Å². The molecule has 1 aromatic carbocycles. The number of benzene rings is 1. The van der Waals surface area contributed by atoms with Crippen molar-refractivity contribution in [3.63, 3.8) is 0 Å². The van der Waals surface area contributed by atoms with Crippen LogP contribution in [-0.4, -0.2) is 14.5 Å². The Morgan fingerprint density at radius 1 is 1.19 bits per heavy atom. The number of pyridine rings is 1. The molecule has 3 heterocycles. The van der Waals surface area contributed by atoms with Crippen LogP contribution < -0.4 is 17.0 Å². The van der Waals surface area contributed by atoms with E-state index in [9.17, 15) is 0 Å². The Hall–Kier alpha value is -2.48. The number of aryl methyl sites for hydroxylation is 1. The molecular formula is C20H24N6S. The molecule has 4 rings (SSSR count). The summed E-state index contributed by atoms with van der Waals surface area (Å²) in [5, 5.41) is 2.06. The molecule has 0 spiro atoms. The van der Waals surface area contributed by atoms with Gasteiger partial charge in [-0.05, 0) is 29.0 Å². The monoisotopic (exact) mass is 380 g/mol. The van der Waals surface area contributed by atoms with Gasteiger partial charge in [-0.2, -0.15) is 0 Å². The lowest BCUT2D eigenvalue weighted by atomic mass is 10.1. The van der Waals surface area contributed by atoms with Gasteiger partial charge >= 0.3 is 0 Å². The number of hydrogen-bond donors (Lipinski definition) is 3. The summed E-state index contributed by atoms with van der Waals surface area (Å²) in [6, 6.07) is 10.5. The molecular weight excluding hydrogens is 356 g/mol. The zero-order valence-corrected chi connectivity index (χ0v) is 16.2. The highest BCUT2D eigenvalue weighted by Gasteiger charge is 2.18. The molecule has 5 N–H and O–H groups in total. The molecule has 4 aromatic rings. The molecule has 0 aliphatic heterocycles. The largest absolute Gasteiger partial charge is 0.382 e. The van der Waals surface area contributed by atoms with Crippen molar-refractivity contribution in [2.45, 2.75) is 39.3 Å². The molecule has 3 aromatic heterocycles. The summed E-state index contributed by atoms with van der Waals surface area (Å²) in [5.74, 6) is 7.06. The van der Waals surface area contributed by atoms with Gasteiger partial charge in [0.2, 0.25) is 0 Å². The first-order chi connectivity index (χ1) is 13.2. The highest BCUT2D eigenvalue weighted by Crippen LogP contribution is 2.33. The van der Waals surface area contributed by atoms with Gasteiger partial charge in [0.1, 0.15) is 11.3 Å². The van der Waals surface area contributed by atoms with Crippen molar-refractivity contribution in [1.29, 1.82) is 0 Å². The van der Waals surface area contributed by atoms with Crippen molar-refractivity contribution in [1.82, 2.24) is 20.0 Å². The van der Waals surface area contributed by atoms with E-state index in [1.54, 1.807) is 11.3 Å². The summed E-state index contributed by atoms with van der Waals surface area (Å²) in [5.41, 5.74) is 14.2. The van der Waals surface area contributed by atoms with E-state index in [2.05, 4.69) is 51.5 Å². The number of imidazole rings is 1. The number of nitrogens with one attached hydrogen (secondary N) is 1. The van der Waals surface area contributed by atoms with E-state index in [1.165, 1.54) is 5.56 Å². The van der Waals surface area contributed by atoms with Crippen molar-refractivity contribution in [2.75, 3.05) is 5.73 Å². The normalized spacial score (nSPS) is 11.6. The lowest BCUT2D eigenvalue weighted by Crippen LogP contribution is -2.20. The summed E-state index contributed by atoms with van der Waals surface area (Å²) >= 11 is 1.69. The van der Waals surface area contributed by atoms with Crippen LogP contribution in [0.15, 0.2) is 35.7 Å². The number of aromatic nitrogens is 3. The summed E-state index contributed by atoms with van der Waals surface area (Å²) in [7, 11) is 0. The third-order valence-corrected chi connectivity index (χ3v) is 5.69. The number of thiophene rings is 1. The lowest BCUT2D eigenvalue weighted by Gasteiger charge is -2.11. The summed E-state index contributed by atoms with van der Waals surface area (Å²) in [6.45, 7) is 3.60. The van der Waals surface area contributed by atoms with Gasteiger partial charge in [0, 0.05) is 19.5 Å². The lowest BCUT2D eigenvalue weighted by molar-refractivity contribution is 0.689. The molecule has 0 atom stereocenters. The molecule has 0 saturated carbocycles. The Bertz CT molecular complexity index is 1080. The average Bonchev–Trinajstić information content (AvgIpc) is 3.25. The van der Waals surface area contributed by atoms with Crippen LogP contribution in [0.5, 0.6) is 0 Å². The smallest absolute Gasteiger partial charge is 0.152 e. The Balaban J connectivity index is 1.87. The molecule has 0 aliphatic carbocycles. The van der Waals surface area contributed by atoms with Gasteiger partial charge in [0.15, 0.2) is 5.82 Å². The molecule has 0 bridgehead atoms. The Kier molecular flexibility index (Phi) is 5.07. The molecule has 7 heteroatoms. The van der Waals surface area contributed by atoms with E-state index in [-0.39, 0.29) is 0 Å². The van der Waals surface area contributed by atoms with Crippen molar-refractivity contribution in [3.05, 3.63) is 52.7 Å². The molecule has 6 nitrogen and oxygen atoms in total. The van der Waals surface area contributed by atoms with Gasteiger partial charge in [-0.25, -0.2) is 9.97 Å². The predicted octanol–water partition coefficient (Wildman–Crippen LogP) is 3.58. The summed E-state index contributed by atoms with van der Waals surface area (Å²) < 4.78 is 3.46. The molecule has 0 aliphatic rings. The number of unbranched alkanes of at least 4 members (excludes halogenated alkanes) is 1. The van der Waals surface area contributed by atoms with E-state index in [1.807, 2.05) is 6.07 Å². The maximum absolute atomic E-state index is 6.24. The van der Waals surface area contributed by atoms with Crippen molar-refractivity contribution in [2.24, 2.45) is 5.84 Å². The second-order valence-corrected chi connectivity index (χ2v) is 7.66. The fourth-order valence-corrected chi connectivity index (χ4v) is 4.38. The highest BCUT2D eigenvalue weighted by atomic mass is 32.1. The molecule has 0 fully saturated rings. The van der Waals surface area contributed by atoms with Gasteiger partial charge in [-0.1, -0.05) is 37.6 Å². The quantitative estimate of drug-likeness (QED) is 0.336. The molecule has 0 saturated heterocycles. The first-order valence-corrected chi connectivity index (χ1v) is 10.1. The minimum atomic E-state index is 0.508. The summed E-state index contributed by atoms with van der Waals surface area (Å²) in [4.78, 5) is 9.42. The topological polar surface area (TPSA) is 94.8 Å². The van der Waals surface area contributed by atoms with Crippen LogP contribution in [-0.2, 0) is 19.5 Å². The number of nitrogens with two attached hydrogens (primary N) is 2. The number of nitrogen functional groups attached to an aromatic ring is 1. The van der Waals surface area contributed by atoms with Gasteiger partial charge in [0.25, 0.3) is 0 Å².